The van der Waals surface area contributed by atoms with Crippen molar-refractivity contribution in [3.63, 3.8) is 0 Å². The number of pyridine rings is 1. The smallest absolute Gasteiger partial charge is 0.356 e. The molecule has 0 atom stereocenters. The van der Waals surface area contributed by atoms with Gasteiger partial charge >= 0.3 is 12.0 Å². The molecule has 2 N–H and O–H groups in total. The van der Waals surface area contributed by atoms with Gasteiger partial charge in [0.05, 0.1) is 18.4 Å². The van der Waals surface area contributed by atoms with Crippen LogP contribution in [-0.2, 0) is 0 Å². The Kier molecular flexibility index (Phi) is 5.98. The van der Waals surface area contributed by atoms with Crippen LogP contribution in [0.5, 0.6) is 17.6 Å². The van der Waals surface area contributed by atoms with Crippen molar-refractivity contribution >= 4 is 17.7 Å². The number of rotatable bonds is 7. The van der Waals surface area contributed by atoms with Crippen LogP contribution in [0.15, 0.2) is 72.9 Å². The number of hydrogen-bond donors (Lipinski definition) is 2. The highest BCUT2D eigenvalue weighted by Gasteiger charge is 2.26. The van der Waals surface area contributed by atoms with E-state index in [1.807, 2.05) is 18.2 Å². The van der Waals surface area contributed by atoms with Crippen LogP contribution >= 0.6 is 0 Å². The second kappa shape index (κ2) is 9.18. The number of carbonyl (C=O) groups excluding carboxylic acids is 1. The minimum absolute atomic E-state index is 0.0981. The highest BCUT2D eigenvalue weighted by Crippen LogP contribution is 2.28. The molecule has 33 heavy (non-hydrogen) atoms. The first-order chi connectivity index (χ1) is 16.0. The molecule has 4 aromatic rings. The average molecular weight is 448 g/mol. The number of nitrogens with one attached hydrogen (secondary N) is 1. The van der Waals surface area contributed by atoms with Crippen molar-refractivity contribution in [1.82, 2.24) is 14.5 Å². The van der Waals surface area contributed by atoms with Crippen LogP contribution in [0.3, 0.4) is 0 Å². The number of nitrogens with zero attached hydrogens (tertiary/aromatic N) is 3. The number of amides is 1. The molecule has 9 nitrogen and oxygen atoms in total. The molecule has 2 aromatic carbocycles. The maximum absolute atomic E-state index is 13.3. The number of para-hydroxylation sites is 1. The number of carboxylic acids is 1. The summed E-state index contributed by atoms with van der Waals surface area (Å²) in [6.45, 7) is 0. The lowest BCUT2D eigenvalue weighted by Gasteiger charge is -2.09. The summed E-state index contributed by atoms with van der Waals surface area (Å²) < 4.78 is 25.2. The van der Waals surface area contributed by atoms with Crippen molar-refractivity contribution in [1.29, 1.82) is 0 Å². The lowest BCUT2D eigenvalue weighted by Crippen LogP contribution is -2.16. The van der Waals surface area contributed by atoms with Crippen LogP contribution in [0.4, 0.5) is 10.2 Å². The maximum Gasteiger partial charge on any atom is 0.356 e. The summed E-state index contributed by atoms with van der Waals surface area (Å²) in [5, 5.41) is 12.2. The van der Waals surface area contributed by atoms with Crippen molar-refractivity contribution in [2.24, 2.45) is 0 Å². The van der Waals surface area contributed by atoms with E-state index >= 15 is 0 Å². The molecule has 0 aliphatic rings. The number of methoxy groups -OCH3 is 1. The van der Waals surface area contributed by atoms with E-state index in [9.17, 15) is 19.1 Å². The molecule has 0 radical (unpaired) electrons. The first-order valence-electron chi connectivity index (χ1n) is 9.62. The second-order valence-corrected chi connectivity index (χ2v) is 6.67. The molecule has 0 bridgehead atoms. The SMILES string of the molecule is COc1nc(NC(=O)c2ccc(Oc3ccccc3)nc2)c(C(=O)O)n1-c1ccc(F)cc1. The molecule has 0 aliphatic carbocycles. The van der Waals surface area contributed by atoms with Crippen LogP contribution in [0.25, 0.3) is 5.69 Å². The minimum atomic E-state index is -1.37. The number of benzene rings is 2. The van der Waals surface area contributed by atoms with Crippen molar-refractivity contribution in [2.45, 2.75) is 0 Å². The van der Waals surface area contributed by atoms with Gasteiger partial charge < -0.3 is 19.9 Å². The Bertz CT molecular complexity index is 1290. The third-order valence-corrected chi connectivity index (χ3v) is 4.51. The van der Waals surface area contributed by atoms with Gasteiger partial charge in [-0.05, 0) is 42.5 Å². The van der Waals surface area contributed by atoms with Crippen molar-refractivity contribution in [3.8, 4) is 23.3 Å². The normalized spacial score (nSPS) is 10.5. The summed E-state index contributed by atoms with van der Waals surface area (Å²) in [5.41, 5.74) is 0.0913. The predicted molar refractivity (Wildman–Crippen MR) is 116 cm³/mol. The molecule has 4 rings (SSSR count). The van der Waals surface area contributed by atoms with Crippen LogP contribution in [0, 0.1) is 5.82 Å². The third kappa shape index (κ3) is 4.64. The fourth-order valence-electron chi connectivity index (χ4n) is 3.01. The zero-order valence-electron chi connectivity index (χ0n) is 17.2. The highest BCUT2D eigenvalue weighted by molar-refractivity contribution is 6.06. The van der Waals surface area contributed by atoms with Gasteiger partial charge in [0.1, 0.15) is 11.6 Å². The minimum Gasteiger partial charge on any atom is -0.476 e. The molecule has 2 aromatic heterocycles. The van der Waals surface area contributed by atoms with Gasteiger partial charge in [-0.2, -0.15) is 4.98 Å². The summed E-state index contributed by atoms with van der Waals surface area (Å²) in [5.74, 6) is -1.86. The van der Waals surface area contributed by atoms with E-state index < -0.39 is 17.7 Å². The number of imidazole rings is 1. The number of carbonyl (C=O) groups is 2. The van der Waals surface area contributed by atoms with E-state index in [1.165, 1.54) is 49.7 Å². The number of aromatic nitrogens is 3. The van der Waals surface area contributed by atoms with Crippen molar-refractivity contribution < 1.29 is 28.6 Å². The van der Waals surface area contributed by atoms with E-state index in [1.54, 1.807) is 12.1 Å². The number of hydrogen-bond acceptors (Lipinski definition) is 6. The first kappa shape index (κ1) is 21.5. The van der Waals surface area contributed by atoms with Crippen LogP contribution in [0.1, 0.15) is 20.8 Å². The number of aromatic carboxylic acids is 1. The Morgan fingerprint density at radius 1 is 1.03 bits per heavy atom. The monoisotopic (exact) mass is 448 g/mol. The Balaban J connectivity index is 1.60. The fourth-order valence-corrected chi connectivity index (χ4v) is 3.01. The average Bonchev–Trinajstić information content (AvgIpc) is 3.19. The molecule has 10 heteroatoms. The largest absolute Gasteiger partial charge is 0.476 e. The molecular weight excluding hydrogens is 431 g/mol. The molecule has 0 fully saturated rings. The third-order valence-electron chi connectivity index (χ3n) is 4.51. The van der Waals surface area contributed by atoms with Gasteiger partial charge in [-0.15, -0.1) is 0 Å². The molecule has 0 saturated carbocycles. The lowest BCUT2D eigenvalue weighted by atomic mass is 10.2. The summed E-state index contributed by atoms with van der Waals surface area (Å²) in [4.78, 5) is 32.9. The maximum atomic E-state index is 13.3. The molecule has 166 valence electrons. The summed E-state index contributed by atoms with van der Waals surface area (Å²) in [7, 11) is 1.30. The van der Waals surface area contributed by atoms with E-state index in [-0.39, 0.29) is 29.0 Å². The van der Waals surface area contributed by atoms with Gasteiger partial charge in [-0.25, -0.2) is 14.2 Å². The molecule has 0 unspecified atom stereocenters. The van der Waals surface area contributed by atoms with E-state index in [0.29, 0.717) is 11.4 Å². The number of halogens is 1. The van der Waals surface area contributed by atoms with Gasteiger partial charge in [0.2, 0.25) is 5.88 Å². The Hall–Kier alpha value is -4.73. The number of anilines is 1. The summed E-state index contributed by atoms with van der Waals surface area (Å²) in [6.07, 6.45) is 1.29. The van der Waals surface area contributed by atoms with Crippen LogP contribution in [0.2, 0.25) is 0 Å². The Labute approximate surface area is 187 Å². The zero-order valence-corrected chi connectivity index (χ0v) is 17.2. The van der Waals surface area contributed by atoms with E-state index in [0.717, 1.165) is 4.57 Å². The molecule has 0 saturated heterocycles. The van der Waals surface area contributed by atoms with Crippen LogP contribution < -0.4 is 14.8 Å². The Morgan fingerprint density at radius 2 is 1.76 bits per heavy atom. The molecular formula is C23H17FN4O5. The molecule has 0 aliphatic heterocycles. The van der Waals surface area contributed by atoms with Gasteiger partial charge in [0, 0.05) is 12.3 Å². The standard InChI is InChI=1S/C23H17FN4O5/c1-32-23-27-20(19(22(30)31)28(23)16-10-8-15(24)9-11-16)26-21(29)14-7-12-18(25-13-14)33-17-5-3-2-4-6-17/h2-13H,1H3,(H,26,29)(H,30,31). The molecule has 2 heterocycles. The summed E-state index contributed by atoms with van der Waals surface area (Å²) in [6, 6.07) is 17.0. The Morgan fingerprint density at radius 3 is 2.36 bits per heavy atom. The molecule has 0 spiro atoms. The van der Waals surface area contributed by atoms with E-state index in [4.69, 9.17) is 9.47 Å². The van der Waals surface area contributed by atoms with Gasteiger partial charge in [0.25, 0.3) is 5.91 Å². The first-order valence-corrected chi connectivity index (χ1v) is 9.62. The number of ether oxygens (including phenoxy) is 2. The lowest BCUT2D eigenvalue weighted by molar-refractivity contribution is 0.0688. The quantitative estimate of drug-likeness (QED) is 0.436. The van der Waals surface area contributed by atoms with Crippen molar-refractivity contribution in [2.75, 3.05) is 12.4 Å². The van der Waals surface area contributed by atoms with Crippen molar-refractivity contribution in [3.05, 3.63) is 90.0 Å². The predicted octanol–water partition coefficient (Wildman–Crippen LogP) is 4.16. The van der Waals surface area contributed by atoms with Gasteiger partial charge in [-0.3, -0.25) is 9.36 Å². The van der Waals surface area contributed by atoms with Crippen LogP contribution in [-0.4, -0.2) is 38.6 Å². The zero-order chi connectivity index (χ0) is 23.4. The van der Waals surface area contributed by atoms with E-state index in [2.05, 4.69) is 15.3 Å². The van der Waals surface area contributed by atoms with Gasteiger partial charge in [-0.1, -0.05) is 18.2 Å². The highest BCUT2D eigenvalue weighted by atomic mass is 19.1. The topological polar surface area (TPSA) is 116 Å². The number of carboxylic acid groups (broad SMARTS) is 1. The molecule has 1 amide bonds. The van der Waals surface area contributed by atoms with Gasteiger partial charge in [0.15, 0.2) is 11.5 Å². The second-order valence-electron chi connectivity index (χ2n) is 6.67. The fraction of sp³-hybridized carbons (Fsp3) is 0.0435. The summed E-state index contributed by atoms with van der Waals surface area (Å²) >= 11 is 0.